The lowest BCUT2D eigenvalue weighted by Gasteiger charge is -2.18. The number of rotatable bonds is 3. The fraction of sp³-hybridized carbons (Fsp3) is 0.0769. The average Bonchev–Trinajstić information content (AvgIpc) is 2.34. The van der Waals surface area contributed by atoms with Crippen LogP contribution in [0.4, 0.5) is 4.39 Å². The third-order valence-electron chi connectivity index (χ3n) is 2.68. The molecule has 19 heavy (non-hydrogen) atoms. The lowest BCUT2D eigenvalue weighted by Crippen LogP contribution is -2.29. The van der Waals surface area contributed by atoms with Crippen LogP contribution in [-0.2, 0) is 0 Å². The van der Waals surface area contributed by atoms with Crippen LogP contribution in [0.3, 0.4) is 0 Å². The minimum atomic E-state index is -0.479. The van der Waals surface area contributed by atoms with Crippen molar-refractivity contribution < 1.29 is 4.39 Å². The zero-order valence-electron chi connectivity index (χ0n) is 9.63. The summed E-state index contributed by atoms with van der Waals surface area (Å²) in [4.78, 5) is 0. The Balaban J connectivity index is 2.53. The molecule has 0 spiro atoms. The fourth-order valence-corrected chi connectivity index (χ4v) is 3.12. The lowest BCUT2D eigenvalue weighted by atomic mass is 9.99. The summed E-state index contributed by atoms with van der Waals surface area (Å²) in [5, 5.41) is 0.556. The third-order valence-corrected chi connectivity index (χ3v) is 3.97. The van der Waals surface area contributed by atoms with Gasteiger partial charge in [-0.15, -0.1) is 0 Å². The molecule has 0 aliphatic heterocycles. The van der Waals surface area contributed by atoms with Crippen LogP contribution >= 0.6 is 43.5 Å². The van der Waals surface area contributed by atoms with Crippen molar-refractivity contribution >= 4 is 43.5 Å². The molecule has 0 amide bonds. The molecule has 0 aliphatic rings. The molecule has 0 aliphatic carbocycles. The van der Waals surface area contributed by atoms with Gasteiger partial charge in [0.15, 0.2) is 0 Å². The number of benzene rings is 2. The maximum Gasteiger partial charge on any atom is 0.142 e. The quantitative estimate of drug-likeness (QED) is 0.577. The Kier molecular flexibility index (Phi) is 4.97. The second-order valence-electron chi connectivity index (χ2n) is 3.95. The van der Waals surface area contributed by atoms with Crippen LogP contribution in [0.1, 0.15) is 17.2 Å². The lowest BCUT2D eigenvalue weighted by molar-refractivity contribution is 0.556. The highest BCUT2D eigenvalue weighted by Gasteiger charge is 2.18. The minimum absolute atomic E-state index is 0.346. The van der Waals surface area contributed by atoms with Crippen LogP contribution in [-0.4, -0.2) is 0 Å². The zero-order chi connectivity index (χ0) is 14.0. The highest BCUT2D eigenvalue weighted by atomic mass is 79.9. The van der Waals surface area contributed by atoms with Gasteiger partial charge in [0, 0.05) is 15.1 Å². The van der Waals surface area contributed by atoms with Crippen molar-refractivity contribution in [1.29, 1.82) is 0 Å². The van der Waals surface area contributed by atoms with E-state index in [0.29, 0.717) is 15.1 Å². The highest BCUT2D eigenvalue weighted by Crippen LogP contribution is 2.31. The van der Waals surface area contributed by atoms with Gasteiger partial charge in [0.25, 0.3) is 0 Å². The van der Waals surface area contributed by atoms with E-state index in [1.165, 1.54) is 0 Å². The molecule has 0 aromatic heterocycles. The molecule has 2 rings (SSSR count). The van der Waals surface area contributed by atoms with E-state index in [1.54, 1.807) is 30.3 Å². The van der Waals surface area contributed by atoms with Gasteiger partial charge >= 0.3 is 0 Å². The van der Waals surface area contributed by atoms with Gasteiger partial charge in [0.2, 0.25) is 0 Å². The minimum Gasteiger partial charge on any atom is -0.271 e. The molecule has 0 saturated heterocycles. The van der Waals surface area contributed by atoms with E-state index >= 15 is 0 Å². The van der Waals surface area contributed by atoms with Gasteiger partial charge in [-0.2, -0.15) is 0 Å². The van der Waals surface area contributed by atoms with Gasteiger partial charge in [-0.05, 0) is 45.8 Å². The summed E-state index contributed by atoms with van der Waals surface area (Å²) in [7, 11) is 0. The van der Waals surface area contributed by atoms with E-state index in [4.69, 9.17) is 17.4 Å². The molecule has 2 aromatic rings. The predicted molar refractivity (Wildman–Crippen MR) is 82.4 cm³/mol. The summed E-state index contributed by atoms with van der Waals surface area (Å²) in [6, 6.07) is 9.95. The molecule has 0 heterocycles. The molecule has 0 bridgehead atoms. The Morgan fingerprint density at radius 3 is 2.58 bits per heavy atom. The first-order chi connectivity index (χ1) is 9.02. The van der Waals surface area contributed by atoms with E-state index in [-0.39, 0.29) is 5.82 Å². The Labute approximate surface area is 132 Å². The van der Waals surface area contributed by atoms with Gasteiger partial charge in [0.05, 0.1) is 10.5 Å². The maximum absolute atomic E-state index is 14.1. The predicted octanol–water partition coefficient (Wildman–Crippen LogP) is 4.56. The second kappa shape index (κ2) is 6.33. The molecule has 0 radical (unpaired) electrons. The average molecular weight is 408 g/mol. The van der Waals surface area contributed by atoms with Crippen LogP contribution < -0.4 is 11.3 Å². The van der Waals surface area contributed by atoms with Crippen LogP contribution in [0.2, 0.25) is 5.02 Å². The third kappa shape index (κ3) is 3.35. The van der Waals surface area contributed by atoms with Crippen molar-refractivity contribution in [2.24, 2.45) is 5.84 Å². The molecule has 2 nitrogen and oxygen atoms in total. The first-order valence-electron chi connectivity index (χ1n) is 5.39. The number of hydrazine groups is 1. The largest absolute Gasteiger partial charge is 0.271 e. The number of nitrogens with two attached hydrogens (primary N) is 1. The fourth-order valence-electron chi connectivity index (χ4n) is 1.85. The molecule has 2 aromatic carbocycles. The number of nitrogens with one attached hydrogen (secondary N) is 1. The van der Waals surface area contributed by atoms with Gasteiger partial charge in [0.1, 0.15) is 5.82 Å². The standard InChI is InChI=1S/C13H10Br2ClFN2/c14-8-4-7(5-9(16)6-8)13(19-18)10-2-1-3-11(15)12(10)17/h1-6,13,19H,18H2. The topological polar surface area (TPSA) is 38.0 Å². The summed E-state index contributed by atoms with van der Waals surface area (Å²) >= 11 is 12.5. The maximum atomic E-state index is 14.1. The molecule has 3 N–H and O–H groups in total. The smallest absolute Gasteiger partial charge is 0.142 e. The first-order valence-corrected chi connectivity index (χ1v) is 7.35. The Hall–Kier alpha value is -0.460. The van der Waals surface area contributed by atoms with Gasteiger partial charge < -0.3 is 0 Å². The number of hydrogen-bond donors (Lipinski definition) is 2. The zero-order valence-corrected chi connectivity index (χ0v) is 13.6. The molecule has 6 heteroatoms. The summed E-state index contributed by atoms with van der Waals surface area (Å²) in [5.41, 5.74) is 3.84. The van der Waals surface area contributed by atoms with Crippen LogP contribution in [0.15, 0.2) is 45.3 Å². The van der Waals surface area contributed by atoms with Crippen LogP contribution in [0.5, 0.6) is 0 Å². The second-order valence-corrected chi connectivity index (χ2v) is 6.15. The van der Waals surface area contributed by atoms with Crippen molar-refractivity contribution in [2.45, 2.75) is 6.04 Å². The van der Waals surface area contributed by atoms with Crippen molar-refractivity contribution in [3.8, 4) is 0 Å². The van der Waals surface area contributed by atoms with Gasteiger partial charge in [-0.3, -0.25) is 5.84 Å². The van der Waals surface area contributed by atoms with E-state index in [1.807, 2.05) is 6.07 Å². The Bertz CT molecular complexity index is 587. The molecular formula is C13H10Br2ClFN2. The van der Waals surface area contributed by atoms with Crippen molar-refractivity contribution in [1.82, 2.24) is 5.43 Å². The highest BCUT2D eigenvalue weighted by molar-refractivity contribution is 9.10. The monoisotopic (exact) mass is 406 g/mol. The SMILES string of the molecule is NNC(c1cc(Cl)cc(Br)c1)c1cccc(Br)c1F. The van der Waals surface area contributed by atoms with E-state index in [9.17, 15) is 4.39 Å². The molecule has 100 valence electrons. The van der Waals surface area contributed by atoms with E-state index < -0.39 is 6.04 Å². The van der Waals surface area contributed by atoms with Crippen molar-refractivity contribution in [2.75, 3.05) is 0 Å². The molecule has 0 fully saturated rings. The van der Waals surface area contributed by atoms with Crippen molar-refractivity contribution in [3.63, 3.8) is 0 Å². The van der Waals surface area contributed by atoms with Crippen molar-refractivity contribution in [3.05, 3.63) is 67.3 Å². The van der Waals surface area contributed by atoms with Crippen LogP contribution in [0.25, 0.3) is 0 Å². The van der Waals surface area contributed by atoms with Crippen LogP contribution in [0, 0.1) is 5.82 Å². The summed E-state index contributed by atoms with van der Waals surface area (Å²) < 4.78 is 15.3. The summed E-state index contributed by atoms with van der Waals surface area (Å²) in [5.74, 6) is 5.22. The van der Waals surface area contributed by atoms with Gasteiger partial charge in [-0.1, -0.05) is 39.7 Å². The number of hydrogen-bond acceptors (Lipinski definition) is 2. The molecule has 0 saturated carbocycles. The van der Waals surface area contributed by atoms with Gasteiger partial charge in [-0.25, -0.2) is 9.82 Å². The number of halogens is 4. The molecule has 1 atom stereocenters. The Morgan fingerprint density at radius 2 is 1.95 bits per heavy atom. The van der Waals surface area contributed by atoms with E-state index in [0.717, 1.165) is 10.0 Å². The normalized spacial score (nSPS) is 12.5. The first kappa shape index (κ1) is 14.9. The Morgan fingerprint density at radius 1 is 1.21 bits per heavy atom. The summed E-state index contributed by atoms with van der Waals surface area (Å²) in [6.45, 7) is 0. The van der Waals surface area contributed by atoms with E-state index in [2.05, 4.69) is 37.3 Å². The molecule has 1 unspecified atom stereocenters. The summed E-state index contributed by atoms with van der Waals surface area (Å²) in [6.07, 6.45) is 0. The molecular weight excluding hydrogens is 398 g/mol.